The Morgan fingerprint density at radius 3 is 2.47 bits per heavy atom. The molecule has 1 aliphatic rings. The van der Waals surface area contributed by atoms with Crippen LogP contribution in [0.3, 0.4) is 0 Å². The minimum absolute atomic E-state index is 0.108. The first-order valence-electron chi connectivity index (χ1n) is 9.28. The summed E-state index contributed by atoms with van der Waals surface area (Å²) in [4.78, 5) is 29.7. The number of esters is 1. The lowest BCUT2D eigenvalue weighted by atomic mass is 10.1. The van der Waals surface area contributed by atoms with E-state index in [9.17, 15) is 14.7 Å². The number of aliphatic imine (C=N–C) groups is 1. The van der Waals surface area contributed by atoms with Crippen molar-refractivity contribution in [2.45, 2.75) is 13.8 Å². The number of hydrogen-bond donors (Lipinski definition) is 1. The van der Waals surface area contributed by atoms with Crippen LogP contribution in [-0.2, 0) is 9.53 Å². The first-order valence-corrected chi connectivity index (χ1v) is 10.1. The van der Waals surface area contributed by atoms with E-state index < -0.39 is 11.9 Å². The Balaban J connectivity index is 2.00. The molecule has 0 saturated heterocycles. The van der Waals surface area contributed by atoms with Gasteiger partial charge in [0.1, 0.15) is 22.1 Å². The van der Waals surface area contributed by atoms with Gasteiger partial charge in [0, 0.05) is 5.56 Å². The highest BCUT2D eigenvalue weighted by Crippen LogP contribution is 2.39. The van der Waals surface area contributed by atoms with Crippen molar-refractivity contribution < 1.29 is 24.2 Å². The van der Waals surface area contributed by atoms with Crippen molar-refractivity contribution in [1.82, 2.24) is 0 Å². The number of aliphatic hydroxyl groups excluding tert-OH is 1. The fourth-order valence-electron chi connectivity index (χ4n) is 2.81. The molecule has 1 N–H and O–H groups in total. The van der Waals surface area contributed by atoms with Gasteiger partial charge >= 0.3 is 5.97 Å². The molecule has 154 valence electrons. The Bertz CT molecular complexity index is 1070. The molecule has 0 unspecified atom stereocenters. The van der Waals surface area contributed by atoms with E-state index in [1.54, 1.807) is 44.4 Å². The van der Waals surface area contributed by atoms with E-state index in [1.807, 2.05) is 31.2 Å². The quantitative estimate of drug-likeness (QED) is 0.702. The Morgan fingerprint density at radius 2 is 1.83 bits per heavy atom. The zero-order valence-corrected chi connectivity index (χ0v) is 17.7. The lowest BCUT2D eigenvalue weighted by Crippen LogP contribution is -2.14. The van der Waals surface area contributed by atoms with Gasteiger partial charge in [0.05, 0.1) is 18.6 Å². The summed E-state index contributed by atoms with van der Waals surface area (Å²) >= 11 is 1.05. The van der Waals surface area contributed by atoms with Gasteiger partial charge < -0.3 is 14.6 Å². The topological polar surface area (TPSA) is 85.2 Å². The molecule has 1 heterocycles. The van der Waals surface area contributed by atoms with Gasteiger partial charge in [-0.1, -0.05) is 42.1 Å². The Hall–Kier alpha value is -3.32. The molecule has 0 aliphatic carbocycles. The van der Waals surface area contributed by atoms with E-state index in [2.05, 4.69) is 4.99 Å². The van der Waals surface area contributed by atoms with E-state index in [1.165, 1.54) is 0 Å². The summed E-state index contributed by atoms with van der Waals surface area (Å²) < 4.78 is 10.2. The van der Waals surface area contributed by atoms with Crippen LogP contribution in [0.25, 0.3) is 6.08 Å². The fourth-order valence-corrected chi connectivity index (χ4v) is 3.82. The molecule has 0 radical (unpaired) electrons. The number of ether oxygens (including phenoxy) is 2. The molecular weight excluding hydrogens is 402 g/mol. The summed E-state index contributed by atoms with van der Waals surface area (Å²) in [5.74, 6) is -0.771. The second-order valence-corrected chi connectivity index (χ2v) is 7.40. The van der Waals surface area contributed by atoms with Gasteiger partial charge in [-0.15, -0.1) is 0 Å². The molecule has 0 atom stereocenters. The maximum atomic E-state index is 12.7. The number of benzene rings is 2. The summed E-state index contributed by atoms with van der Waals surface area (Å²) in [6, 6.07) is 14.3. The third-order valence-electron chi connectivity index (χ3n) is 4.36. The molecule has 0 bridgehead atoms. The monoisotopic (exact) mass is 423 g/mol. The number of methoxy groups -OCH3 is 1. The summed E-state index contributed by atoms with van der Waals surface area (Å²) in [6.07, 6.45) is 1.71. The van der Waals surface area contributed by atoms with Gasteiger partial charge in [-0.25, -0.2) is 9.79 Å². The van der Waals surface area contributed by atoms with Gasteiger partial charge in [-0.2, -0.15) is 0 Å². The molecular formula is C23H21NO5S. The second kappa shape index (κ2) is 9.45. The largest absolute Gasteiger partial charge is 0.506 e. The van der Waals surface area contributed by atoms with Crippen LogP contribution in [-0.4, -0.2) is 35.7 Å². The first-order chi connectivity index (χ1) is 14.4. The SMILES string of the molecule is CCOC(=O)C1=C(O)/C(=C/c2ccc(OC)cc2)SC1=NC(=O)c1ccccc1C. The third kappa shape index (κ3) is 4.63. The van der Waals surface area contributed by atoms with Crippen LogP contribution in [0, 0.1) is 6.92 Å². The van der Waals surface area contributed by atoms with Crippen molar-refractivity contribution in [2.24, 2.45) is 4.99 Å². The normalized spacial score (nSPS) is 16.2. The summed E-state index contributed by atoms with van der Waals surface area (Å²) in [5.41, 5.74) is 1.89. The maximum absolute atomic E-state index is 12.7. The van der Waals surface area contributed by atoms with Gasteiger partial charge in [-0.3, -0.25) is 4.79 Å². The lowest BCUT2D eigenvalue weighted by Gasteiger charge is -2.04. The summed E-state index contributed by atoms with van der Waals surface area (Å²) in [6.45, 7) is 3.61. The summed E-state index contributed by atoms with van der Waals surface area (Å²) in [7, 11) is 1.58. The third-order valence-corrected chi connectivity index (χ3v) is 5.38. The second-order valence-electron chi connectivity index (χ2n) is 6.36. The number of aliphatic hydroxyl groups is 1. The van der Waals surface area contributed by atoms with E-state index in [0.29, 0.717) is 16.2 Å². The fraction of sp³-hybridized carbons (Fsp3) is 0.174. The van der Waals surface area contributed by atoms with Gasteiger partial charge in [0.2, 0.25) is 0 Å². The number of aryl methyl sites for hydroxylation is 1. The van der Waals surface area contributed by atoms with Crippen LogP contribution < -0.4 is 4.74 Å². The predicted octanol–water partition coefficient (Wildman–Crippen LogP) is 4.71. The van der Waals surface area contributed by atoms with E-state index in [4.69, 9.17) is 9.47 Å². The molecule has 7 heteroatoms. The molecule has 1 aliphatic heterocycles. The van der Waals surface area contributed by atoms with Crippen molar-refractivity contribution in [3.63, 3.8) is 0 Å². The zero-order chi connectivity index (χ0) is 21.7. The molecule has 2 aromatic carbocycles. The average molecular weight is 423 g/mol. The van der Waals surface area contributed by atoms with Crippen molar-refractivity contribution in [2.75, 3.05) is 13.7 Å². The van der Waals surface area contributed by atoms with E-state index >= 15 is 0 Å². The molecule has 3 rings (SSSR count). The maximum Gasteiger partial charge on any atom is 0.344 e. The Kier molecular flexibility index (Phi) is 6.74. The molecule has 1 amide bonds. The van der Waals surface area contributed by atoms with E-state index in [-0.39, 0.29) is 23.0 Å². The van der Waals surface area contributed by atoms with Crippen LogP contribution in [0.5, 0.6) is 5.75 Å². The Labute approximate surface area is 178 Å². The van der Waals surface area contributed by atoms with Crippen LogP contribution in [0.1, 0.15) is 28.4 Å². The summed E-state index contributed by atoms with van der Waals surface area (Å²) in [5, 5.41) is 10.8. The van der Waals surface area contributed by atoms with Crippen molar-refractivity contribution >= 4 is 34.8 Å². The van der Waals surface area contributed by atoms with Crippen molar-refractivity contribution in [3.05, 3.63) is 81.5 Å². The number of carbonyl (C=O) groups is 2. The number of hydrogen-bond acceptors (Lipinski definition) is 6. The number of carbonyl (C=O) groups excluding carboxylic acids is 2. The lowest BCUT2D eigenvalue weighted by molar-refractivity contribution is -0.138. The van der Waals surface area contributed by atoms with Crippen molar-refractivity contribution in [3.8, 4) is 5.75 Å². The molecule has 0 saturated carbocycles. The van der Waals surface area contributed by atoms with Crippen molar-refractivity contribution in [1.29, 1.82) is 0 Å². The predicted molar refractivity (Wildman–Crippen MR) is 118 cm³/mol. The van der Waals surface area contributed by atoms with E-state index in [0.717, 1.165) is 22.9 Å². The van der Waals surface area contributed by atoms with Crippen LogP contribution >= 0.6 is 11.8 Å². The molecule has 2 aromatic rings. The molecule has 0 aromatic heterocycles. The first kappa shape index (κ1) is 21.4. The highest BCUT2D eigenvalue weighted by atomic mass is 32.2. The standard InChI is InChI=1S/C23H21NO5S/c1-4-29-23(27)19-20(25)18(13-15-9-11-16(28-3)12-10-15)30-22(19)24-21(26)17-8-6-5-7-14(17)2/h5-13,25H,4H2,1-3H3/b18-13-,24-22?. The number of thioether (sulfide) groups is 1. The number of nitrogens with zero attached hydrogens (tertiary/aromatic N) is 1. The number of rotatable bonds is 5. The van der Waals surface area contributed by atoms with Gasteiger partial charge in [0.25, 0.3) is 5.91 Å². The smallest absolute Gasteiger partial charge is 0.344 e. The average Bonchev–Trinajstić information content (AvgIpc) is 3.03. The number of amides is 1. The van der Waals surface area contributed by atoms with Crippen LogP contribution in [0.15, 0.2) is 69.8 Å². The molecule has 0 spiro atoms. The zero-order valence-electron chi connectivity index (χ0n) is 16.8. The molecule has 0 fully saturated rings. The van der Waals surface area contributed by atoms with Crippen LogP contribution in [0.2, 0.25) is 0 Å². The molecule has 6 nitrogen and oxygen atoms in total. The Morgan fingerprint density at radius 1 is 1.13 bits per heavy atom. The highest BCUT2D eigenvalue weighted by molar-refractivity contribution is 8.18. The van der Waals surface area contributed by atoms with Crippen LogP contribution in [0.4, 0.5) is 0 Å². The van der Waals surface area contributed by atoms with Gasteiger partial charge in [-0.05, 0) is 49.2 Å². The molecule has 30 heavy (non-hydrogen) atoms. The van der Waals surface area contributed by atoms with Gasteiger partial charge in [0.15, 0.2) is 0 Å². The highest BCUT2D eigenvalue weighted by Gasteiger charge is 2.34. The minimum Gasteiger partial charge on any atom is -0.506 e. The minimum atomic E-state index is -0.725.